The van der Waals surface area contributed by atoms with Crippen molar-refractivity contribution in [2.75, 3.05) is 7.05 Å². The molecule has 1 saturated carbocycles. The minimum atomic E-state index is 0.404. The third kappa shape index (κ3) is 3.85. The highest BCUT2D eigenvalue weighted by atomic mass is 16.3. The summed E-state index contributed by atoms with van der Waals surface area (Å²) in [7, 11) is 2.06. The van der Waals surface area contributed by atoms with Crippen molar-refractivity contribution in [1.29, 1.82) is 0 Å². The lowest BCUT2D eigenvalue weighted by atomic mass is 9.76. The van der Waals surface area contributed by atoms with Crippen LogP contribution in [0.1, 0.15) is 69.4 Å². The minimum Gasteiger partial charge on any atom is -0.465 e. The molecule has 0 spiro atoms. The molecule has 2 heteroatoms. The Hall–Kier alpha value is -0.760. The lowest BCUT2D eigenvalue weighted by Gasteiger charge is -2.33. The Balaban J connectivity index is 1.88. The first-order valence-electron chi connectivity index (χ1n) is 7.98. The molecule has 2 nitrogen and oxygen atoms in total. The van der Waals surface area contributed by atoms with E-state index in [1.165, 1.54) is 44.9 Å². The first-order chi connectivity index (χ1) is 9.24. The van der Waals surface area contributed by atoms with Crippen molar-refractivity contribution < 1.29 is 4.42 Å². The minimum absolute atomic E-state index is 0.404. The van der Waals surface area contributed by atoms with E-state index in [2.05, 4.69) is 31.4 Å². The molecule has 19 heavy (non-hydrogen) atoms. The summed E-state index contributed by atoms with van der Waals surface area (Å²) in [4.78, 5) is 0. The maximum Gasteiger partial charge on any atom is 0.121 e. The lowest BCUT2D eigenvalue weighted by molar-refractivity contribution is 0.202. The maximum atomic E-state index is 5.82. The third-order valence-electron chi connectivity index (χ3n) is 4.71. The zero-order valence-corrected chi connectivity index (χ0v) is 12.7. The van der Waals surface area contributed by atoms with E-state index in [0.717, 1.165) is 23.4 Å². The molecule has 1 aromatic heterocycles. The van der Waals surface area contributed by atoms with Crippen molar-refractivity contribution in [1.82, 2.24) is 5.32 Å². The van der Waals surface area contributed by atoms with Crippen LogP contribution in [0.25, 0.3) is 0 Å². The van der Waals surface area contributed by atoms with E-state index in [1.807, 2.05) is 6.92 Å². The normalized spacial score (nSPS) is 25.4. The van der Waals surface area contributed by atoms with Gasteiger partial charge >= 0.3 is 0 Å². The van der Waals surface area contributed by atoms with Crippen LogP contribution in [0, 0.1) is 18.8 Å². The molecule has 0 saturated heterocycles. The predicted octanol–water partition coefficient (Wildman–Crippen LogP) is 4.85. The van der Waals surface area contributed by atoms with E-state index < -0.39 is 0 Å². The molecule has 1 fully saturated rings. The van der Waals surface area contributed by atoms with Gasteiger partial charge in [0.25, 0.3) is 0 Å². The summed E-state index contributed by atoms with van der Waals surface area (Å²) in [6.07, 6.45) is 9.69. The van der Waals surface area contributed by atoms with Crippen LogP contribution in [0.4, 0.5) is 0 Å². The number of rotatable bonds is 6. The molecular formula is C17H29NO. The van der Waals surface area contributed by atoms with E-state index in [0.29, 0.717) is 6.04 Å². The van der Waals surface area contributed by atoms with Gasteiger partial charge in [0.2, 0.25) is 0 Å². The van der Waals surface area contributed by atoms with E-state index >= 15 is 0 Å². The Labute approximate surface area is 118 Å². The number of nitrogens with one attached hydrogen (secondary N) is 1. The van der Waals surface area contributed by atoms with Gasteiger partial charge in [0.05, 0.1) is 6.04 Å². The first kappa shape index (κ1) is 14.6. The molecule has 2 rings (SSSR count). The summed E-state index contributed by atoms with van der Waals surface area (Å²) < 4.78 is 5.82. The van der Waals surface area contributed by atoms with E-state index in [4.69, 9.17) is 4.42 Å². The van der Waals surface area contributed by atoms with Gasteiger partial charge in [-0.1, -0.05) is 39.0 Å². The summed E-state index contributed by atoms with van der Waals surface area (Å²) in [5.41, 5.74) is 0. The second-order valence-electron chi connectivity index (χ2n) is 6.14. The van der Waals surface area contributed by atoms with Gasteiger partial charge in [0.1, 0.15) is 11.5 Å². The molecular weight excluding hydrogens is 234 g/mol. The van der Waals surface area contributed by atoms with Gasteiger partial charge in [0, 0.05) is 0 Å². The second kappa shape index (κ2) is 7.14. The molecule has 1 unspecified atom stereocenters. The number of hydrogen-bond acceptors (Lipinski definition) is 2. The van der Waals surface area contributed by atoms with Crippen molar-refractivity contribution in [2.45, 2.75) is 64.8 Å². The van der Waals surface area contributed by atoms with E-state index in [-0.39, 0.29) is 0 Å². The summed E-state index contributed by atoms with van der Waals surface area (Å²) in [5.74, 6) is 3.87. The van der Waals surface area contributed by atoms with Crippen molar-refractivity contribution in [3.8, 4) is 0 Å². The Morgan fingerprint density at radius 1 is 1.26 bits per heavy atom. The molecule has 1 aliphatic rings. The molecule has 1 atom stereocenters. The predicted molar refractivity (Wildman–Crippen MR) is 80.2 cm³/mol. The molecule has 0 radical (unpaired) electrons. The zero-order chi connectivity index (χ0) is 13.7. The van der Waals surface area contributed by atoms with Crippen LogP contribution in [0.5, 0.6) is 0 Å². The van der Waals surface area contributed by atoms with Crippen LogP contribution in [-0.2, 0) is 0 Å². The number of furan rings is 1. The third-order valence-corrected chi connectivity index (χ3v) is 4.71. The van der Waals surface area contributed by atoms with E-state index in [1.54, 1.807) is 0 Å². The van der Waals surface area contributed by atoms with Crippen LogP contribution in [0.15, 0.2) is 16.5 Å². The summed E-state index contributed by atoms with van der Waals surface area (Å²) >= 11 is 0. The van der Waals surface area contributed by atoms with Gasteiger partial charge < -0.3 is 9.73 Å². The average Bonchev–Trinajstić information content (AvgIpc) is 2.85. The highest BCUT2D eigenvalue weighted by Gasteiger charge is 2.29. The van der Waals surface area contributed by atoms with Gasteiger partial charge in [-0.25, -0.2) is 0 Å². The Morgan fingerprint density at radius 2 is 2.00 bits per heavy atom. The topological polar surface area (TPSA) is 25.2 Å². The van der Waals surface area contributed by atoms with Crippen LogP contribution >= 0.6 is 0 Å². The Bertz CT molecular complexity index is 363. The molecule has 0 amide bonds. The standard InChI is InChI=1S/C17H29NO/c1-4-5-6-14-8-10-15(11-9-14)17(18-3)16-12-7-13(2)19-16/h7,12,14-15,17-18H,4-6,8-11H2,1-3H3. The van der Waals surface area contributed by atoms with Crippen LogP contribution in [0.2, 0.25) is 0 Å². The van der Waals surface area contributed by atoms with Crippen LogP contribution in [-0.4, -0.2) is 7.05 Å². The molecule has 108 valence electrons. The molecule has 0 aliphatic heterocycles. The van der Waals surface area contributed by atoms with E-state index in [9.17, 15) is 0 Å². The highest BCUT2D eigenvalue weighted by Crippen LogP contribution is 2.38. The molecule has 1 aliphatic carbocycles. The van der Waals surface area contributed by atoms with Crippen molar-refractivity contribution in [3.05, 3.63) is 23.7 Å². The molecule has 1 heterocycles. The van der Waals surface area contributed by atoms with Crippen molar-refractivity contribution >= 4 is 0 Å². The fourth-order valence-corrected chi connectivity index (χ4v) is 3.53. The van der Waals surface area contributed by atoms with Crippen molar-refractivity contribution in [3.63, 3.8) is 0 Å². The Kier molecular flexibility index (Phi) is 5.50. The molecule has 0 bridgehead atoms. The van der Waals surface area contributed by atoms with Crippen molar-refractivity contribution in [2.24, 2.45) is 11.8 Å². The molecule has 1 aromatic rings. The van der Waals surface area contributed by atoms with Gasteiger partial charge in [-0.15, -0.1) is 0 Å². The average molecular weight is 263 g/mol. The van der Waals surface area contributed by atoms with Gasteiger partial charge in [-0.05, 0) is 50.8 Å². The number of hydrogen-bond donors (Lipinski definition) is 1. The summed E-state index contributed by atoms with van der Waals surface area (Å²) in [5, 5.41) is 3.47. The largest absolute Gasteiger partial charge is 0.465 e. The second-order valence-corrected chi connectivity index (χ2v) is 6.14. The summed E-state index contributed by atoms with van der Waals surface area (Å²) in [6.45, 7) is 4.32. The molecule has 1 N–H and O–H groups in total. The van der Waals surface area contributed by atoms with Crippen LogP contribution in [0.3, 0.4) is 0 Å². The quantitative estimate of drug-likeness (QED) is 0.794. The maximum absolute atomic E-state index is 5.82. The Morgan fingerprint density at radius 3 is 2.53 bits per heavy atom. The number of unbranched alkanes of at least 4 members (excludes halogenated alkanes) is 1. The van der Waals surface area contributed by atoms with Gasteiger partial charge in [-0.2, -0.15) is 0 Å². The van der Waals surface area contributed by atoms with Crippen LogP contribution < -0.4 is 5.32 Å². The smallest absolute Gasteiger partial charge is 0.121 e. The summed E-state index contributed by atoms with van der Waals surface area (Å²) in [6, 6.07) is 4.62. The number of aryl methyl sites for hydroxylation is 1. The molecule has 0 aromatic carbocycles. The fraction of sp³-hybridized carbons (Fsp3) is 0.765. The first-order valence-corrected chi connectivity index (χ1v) is 7.98. The van der Waals surface area contributed by atoms with Gasteiger partial charge in [0.15, 0.2) is 0 Å². The monoisotopic (exact) mass is 263 g/mol. The fourth-order valence-electron chi connectivity index (χ4n) is 3.53. The van der Waals surface area contributed by atoms with Gasteiger partial charge in [-0.3, -0.25) is 0 Å². The zero-order valence-electron chi connectivity index (χ0n) is 12.7. The lowest BCUT2D eigenvalue weighted by Crippen LogP contribution is -2.28. The SMILES string of the molecule is CCCCC1CCC(C(NC)c2ccc(C)o2)CC1. The highest BCUT2D eigenvalue weighted by molar-refractivity contribution is 5.11.